The van der Waals surface area contributed by atoms with Crippen LogP contribution in [0.4, 0.5) is 5.69 Å². The predicted octanol–water partition coefficient (Wildman–Crippen LogP) is 4.92. The Bertz CT molecular complexity index is 452. The number of nitrogens with zero attached hydrogens (tertiary/aromatic N) is 1. The molecule has 0 heterocycles. The molecule has 2 nitrogen and oxygen atoms in total. The van der Waals surface area contributed by atoms with Crippen LogP contribution in [0, 0.1) is 0 Å². The maximum Gasteiger partial charge on any atom is 0.0548 e. The molecule has 0 atom stereocenters. The Kier molecular flexibility index (Phi) is 5.27. The van der Waals surface area contributed by atoms with Gasteiger partial charge in [-0.25, -0.2) is 0 Å². The number of rotatable bonds is 2. The quantitative estimate of drug-likeness (QED) is 0.397. The summed E-state index contributed by atoms with van der Waals surface area (Å²) in [6, 6.07) is 4.39. The lowest BCUT2D eigenvalue weighted by Crippen LogP contribution is -2.16. The number of aliphatic imine (C=N–C) groups is 1. The fourth-order valence-electron chi connectivity index (χ4n) is 2.08. The fraction of sp³-hybridized carbons (Fsp3) is 0.462. The highest BCUT2D eigenvalue weighted by molar-refractivity contribution is 9.11. The number of hydrogen-bond donors (Lipinski definition) is 1. The van der Waals surface area contributed by atoms with Gasteiger partial charge in [0.1, 0.15) is 0 Å². The van der Waals surface area contributed by atoms with Crippen LogP contribution in [0.1, 0.15) is 31.2 Å². The molecule has 1 fully saturated rings. The smallest absolute Gasteiger partial charge is 0.0548 e. The fourth-order valence-corrected chi connectivity index (χ4v) is 3.87. The van der Waals surface area contributed by atoms with Crippen LogP contribution in [-0.4, -0.2) is 17.1 Å². The second-order valence-corrected chi connectivity index (χ2v) is 7.64. The molecular formula is C13H15Br3N2. The summed E-state index contributed by atoms with van der Waals surface area (Å²) < 4.78 is 1.91. The van der Waals surface area contributed by atoms with Crippen LogP contribution in [0.2, 0.25) is 0 Å². The standard InChI is InChI=1S/C13H15Br3N2/c14-9-1-3-11(4-2-9)18-7-8-5-10(15)6-12(16)13(8)17/h5-7,9,11H,1-4,17H2. The van der Waals surface area contributed by atoms with Crippen LogP contribution in [0.5, 0.6) is 0 Å². The van der Waals surface area contributed by atoms with Gasteiger partial charge in [-0.3, -0.25) is 4.99 Å². The van der Waals surface area contributed by atoms with Crippen molar-refractivity contribution in [2.45, 2.75) is 36.6 Å². The normalized spacial score (nSPS) is 24.6. The van der Waals surface area contributed by atoms with Gasteiger partial charge in [-0.15, -0.1) is 0 Å². The summed E-state index contributed by atoms with van der Waals surface area (Å²) in [6.45, 7) is 0. The van der Waals surface area contributed by atoms with Crippen molar-refractivity contribution in [3.05, 3.63) is 26.6 Å². The first-order valence-electron chi connectivity index (χ1n) is 5.98. The van der Waals surface area contributed by atoms with E-state index in [1.807, 2.05) is 18.3 Å². The van der Waals surface area contributed by atoms with Crippen LogP contribution < -0.4 is 5.73 Å². The second kappa shape index (κ2) is 6.53. The largest absolute Gasteiger partial charge is 0.397 e. The summed E-state index contributed by atoms with van der Waals surface area (Å²) >= 11 is 10.6. The average molecular weight is 439 g/mol. The highest BCUT2D eigenvalue weighted by Gasteiger charge is 2.17. The Balaban J connectivity index is 2.09. The summed E-state index contributed by atoms with van der Waals surface area (Å²) in [5, 5.41) is 0. The lowest BCUT2D eigenvalue weighted by atomic mass is 9.96. The van der Waals surface area contributed by atoms with Crippen molar-refractivity contribution >= 4 is 59.7 Å². The Morgan fingerprint density at radius 3 is 2.50 bits per heavy atom. The number of halogens is 3. The first kappa shape index (κ1) is 14.5. The number of benzene rings is 1. The van der Waals surface area contributed by atoms with E-state index >= 15 is 0 Å². The molecule has 1 saturated carbocycles. The Labute approximate surface area is 133 Å². The topological polar surface area (TPSA) is 38.4 Å². The SMILES string of the molecule is Nc1c(Br)cc(Br)cc1C=NC1CCC(Br)CC1. The van der Waals surface area contributed by atoms with Gasteiger partial charge >= 0.3 is 0 Å². The second-order valence-electron chi connectivity index (χ2n) is 4.57. The van der Waals surface area contributed by atoms with Crippen molar-refractivity contribution < 1.29 is 0 Å². The predicted molar refractivity (Wildman–Crippen MR) is 88.8 cm³/mol. The monoisotopic (exact) mass is 436 g/mol. The summed E-state index contributed by atoms with van der Waals surface area (Å²) in [4.78, 5) is 5.34. The average Bonchev–Trinajstić information content (AvgIpc) is 2.34. The van der Waals surface area contributed by atoms with Crippen molar-refractivity contribution in [1.82, 2.24) is 0 Å². The van der Waals surface area contributed by atoms with Gasteiger partial charge in [0.2, 0.25) is 0 Å². The molecule has 1 aromatic carbocycles. The first-order valence-corrected chi connectivity index (χ1v) is 8.48. The molecule has 0 unspecified atom stereocenters. The molecule has 0 bridgehead atoms. The van der Waals surface area contributed by atoms with Crippen LogP contribution in [0.15, 0.2) is 26.1 Å². The number of alkyl halides is 1. The zero-order valence-corrected chi connectivity index (χ0v) is 14.6. The van der Waals surface area contributed by atoms with Crippen molar-refractivity contribution in [1.29, 1.82) is 0 Å². The molecule has 0 saturated heterocycles. The Morgan fingerprint density at radius 1 is 1.17 bits per heavy atom. The van der Waals surface area contributed by atoms with Crippen LogP contribution in [0.3, 0.4) is 0 Å². The molecule has 18 heavy (non-hydrogen) atoms. The van der Waals surface area contributed by atoms with Crippen molar-refractivity contribution in [2.24, 2.45) is 4.99 Å². The van der Waals surface area contributed by atoms with Gasteiger partial charge in [-0.1, -0.05) is 31.9 Å². The molecule has 0 aliphatic heterocycles. The van der Waals surface area contributed by atoms with E-state index in [1.54, 1.807) is 0 Å². The first-order chi connectivity index (χ1) is 8.56. The van der Waals surface area contributed by atoms with Gasteiger partial charge in [0.05, 0.1) is 11.7 Å². The number of nitrogen functional groups attached to an aromatic ring is 1. The van der Waals surface area contributed by atoms with E-state index in [-0.39, 0.29) is 0 Å². The third kappa shape index (κ3) is 3.81. The third-order valence-electron chi connectivity index (χ3n) is 3.18. The number of anilines is 1. The minimum absolute atomic E-state index is 0.441. The van der Waals surface area contributed by atoms with Gasteiger partial charge in [-0.05, 0) is 53.7 Å². The van der Waals surface area contributed by atoms with Crippen LogP contribution >= 0.6 is 47.8 Å². The van der Waals surface area contributed by atoms with E-state index in [0.29, 0.717) is 10.9 Å². The Hall–Kier alpha value is 0.130. The van der Waals surface area contributed by atoms with Gasteiger partial charge < -0.3 is 5.73 Å². The van der Waals surface area contributed by atoms with E-state index in [1.165, 1.54) is 12.8 Å². The van der Waals surface area contributed by atoms with E-state index < -0.39 is 0 Å². The minimum atomic E-state index is 0.441. The number of nitrogens with two attached hydrogens (primary N) is 1. The molecule has 0 spiro atoms. The molecule has 0 aromatic heterocycles. The molecule has 1 aliphatic carbocycles. The molecule has 1 aromatic rings. The third-order valence-corrected chi connectivity index (χ3v) is 5.21. The lowest BCUT2D eigenvalue weighted by molar-refractivity contribution is 0.458. The molecule has 2 N–H and O–H groups in total. The molecule has 1 aliphatic rings. The van der Waals surface area contributed by atoms with Crippen molar-refractivity contribution in [3.8, 4) is 0 Å². The molecule has 5 heteroatoms. The maximum atomic E-state index is 6.02. The molecule has 0 amide bonds. The highest BCUT2D eigenvalue weighted by Crippen LogP contribution is 2.29. The molecule has 2 rings (SSSR count). The summed E-state index contributed by atoms with van der Waals surface area (Å²) in [7, 11) is 0. The van der Waals surface area contributed by atoms with Crippen LogP contribution in [0.25, 0.3) is 0 Å². The zero-order chi connectivity index (χ0) is 13.1. The van der Waals surface area contributed by atoms with Crippen LogP contribution in [-0.2, 0) is 0 Å². The minimum Gasteiger partial charge on any atom is -0.397 e. The zero-order valence-electron chi connectivity index (χ0n) is 9.87. The van der Waals surface area contributed by atoms with E-state index in [9.17, 15) is 0 Å². The summed E-state index contributed by atoms with van der Waals surface area (Å²) in [5.74, 6) is 0. The van der Waals surface area contributed by atoms with Gasteiger partial charge in [0.15, 0.2) is 0 Å². The van der Waals surface area contributed by atoms with Gasteiger partial charge in [0.25, 0.3) is 0 Å². The summed E-state index contributed by atoms with van der Waals surface area (Å²) in [6.07, 6.45) is 6.63. The lowest BCUT2D eigenvalue weighted by Gasteiger charge is -2.21. The molecule has 98 valence electrons. The molecule has 0 radical (unpaired) electrons. The number of hydrogen-bond acceptors (Lipinski definition) is 2. The van der Waals surface area contributed by atoms with Gasteiger partial charge in [-0.2, -0.15) is 0 Å². The van der Waals surface area contributed by atoms with E-state index in [0.717, 1.165) is 33.0 Å². The van der Waals surface area contributed by atoms with Gasteiger partial charge in [0, 0.05) is 25.6 Å². The molecular weight excluding hydrogens is 424 g/mol. The van der Waals surface area contributed by atoms with E-state index in [4.69, 9.17) is 5.73 Å². The van der Waals surface area contributed by atoms with Crippen molar-refractivity contribution in [2.75, 3.05) is 5.73 Å². The Morgan fingerprint density at radius 2 is 1.83 bits per heavy atom. The highest BCUT2D eigenvalue weighted by atomic mass is 79.9. The van der Waals surface area contributed by atoms with Crippen molar-refractivity contribution in [3.63, 3.8) is 0 Å². The summed E-state index contributed by atoms with van der Waals surface area (Å²) in [5.41, 5.74) is 7.74. The maximum absolute atomic E-state index is 6.02. The van der Waals surface area contributed by atoms with E-state index in [2.05, 4.69) is 52.8 Å².